The van der Waals surface area contributed by atoms with Crippen molar-refractivity contribution in [2.75, 3.05) is 13.7 Å². The second-order valence-corrected chi connectivity index (χ2v) is 2.46. The van der Waals surface area contributed by atoms with Gasteiger partial charge in [-0.2, -0.15) is 0 Å². The first-order chi connectivity index (χ1) is 5.74. The first-order valence-corrected chi connectivity index (χ1v) is 3.60. The van der Waals surface area contributed by atoms with E-state index in [4.69, 9.17) is 10.5 Å². The molecule has 1 rings (SSSR count). The minimum atomic E-state index is -0.358. The molecular formula is C8H11FN2O. The summed E-state index contributed by atoms with van der Waals surface area (Å²) in [5, 5.41) is 0. The molecule has 0 spiro atoms. The first kappa shape index (κ1) is 9.09. The van der Waals surface area contributed by atoms with E-state index in [1.807, 2.05) is 0 Å². The molecule has 1 aromatic rings. The summed E-state index contributed by atoms with van der Waals surface area (Å²) in [6, 6.07) is 2.60. The Morgan fingerprint density at radius 2 is 2.42 bits per heavy atom. The predicted octanol–water partition coefficient (Wildman–Crippen LogP) is 0.867. The highest BCUT2D eigenvalue weighted by molar-refractivity contribution is 5.09. The molecule has 0 bridgehead atoms. The number of nitrogens with zero attached hydrogens (tertiary/aromatic N) is 1. The number of pyridine rings is 1. The minimum Gasteiger partial charge on any atom is -0.383 e. The second-order valence-electron chi connectivity index (χ2n) is 2.46. The Kier molecular flexibility index (Phi) is 3.13. The Morgan fingerprint density at radius 1 is 1.67 bits per heavy atom. The van der Waals surface area contributed by atoms with E-state index in [-0.39, 0.29) is 11.9 Å². The van der Waals surface area contributed by atoms with Crippen molar-refractivity contribution >= 4 is 0 Å². The third kappa shape index (κ3) is 2.25. The van der Waals surface area contributed by atoms with E-state index in [2.05, 4.69) is 4.98 Å². The molecule has 2 N–H and O–H groups in total. The van der Waals surface area contributed by atoms with Gasteiger partial charge in [-0.25, -0.2) is 4.39 Å². The molecule has 1 aromatic heterocycles. The summed E-state index contributed by atoms with van der Waals surface area (Å²) in [5.41, 5.74) is 6.28. The topological polar surface area (TPSA) is 48.1 Å². The van der Waals surface area contributed by atoms with Gasteiger partial charge in [0.05, 0.1) is 24.5 Å². The number of halogens is 1. The molecule has 1 heterocycles. The normalized spacial score (nSPS) is 12.9. The SMILES string of the molecule is COC[C@@H](N)c1ccc(F)cn1. The number of aromatic nitrogens is 1. The minimum absolute atomic E-state index is 0.282. The Hall–Kier alpha value is -1.00. The van der Waals surface area contributed by atoms with Crippen LogP contribution in [0.1, 0.15) is 11.7 Å². The fourth-order valence-corrected chi connectivity index (χ4v) is 0.872. The van der Waals surface area contributed by atoms with Crippen LogP contribution in [0.2, 0.25) is 0 Å². The molecule has 0 aromatic carbocycles. The van der Waals surface area contributed by atoms with E-state index in [0.29, 0.717) is 12.3 Å². The van der Waals surface area contributed by atoms with Crippen molar-refractivity contribution in [1.29, 1.82) is 0 Å². The highest BCUT2D eigenvalue weighted by atomic mass is 19.1. The predicted molar refractivity (Wildman–Crippen MR) is 43.0 cm³/mol. The number of hydrogen-bond acceptors (Lipinski definition) is 3. The van der Waals surface area contributed by atoms with Gasteiger partial charge in [0.1, 0.15) is 5.82 Å². The Labute approximate surface area is 70.4 Å². The van der Waals surface area contributed by atoms with Gasteiger partial charge in [0.25, 0.3) is 0 Å². The summed E-state index contributed by atoms with van der Waals surface area (Å²) in [6.07, 6.45) is 1.14. The zero-order valence-electron chi connectivity index (χ0n) is 6.83. The van der Waals surface area contributed by atoms with Crippen molar-refractivity contribution in [3.8, 4) is 0 Å². The van der Waals surface area contributed by atoms with E-state index in [1.54, 1.807) is 13.2 Å². The zero-order chi connectivity index (χ0) is 8.97. The number of methoxy groups -OCH3 is 1. The van der Waals surface area contributed by atoms with Crippen LogP contribution in [0.4, 0.5) is 4.39 Å². The summed E-state index contributed by atoms with van der Waals surface area (Å²) in [4.78, 5) is 3.82. The lowest BCUT2D eigenvalue weighted by atomic mass is 10.2. The van der Waals surface area contributed by atoms with Crippen LogP contribution >= 0.6 is 0 Å². The van der Waals surface area contributed by atoms with Crippen LogP contribution in [-0.4, -0.2) is 18.7 Å². The summed E-state index contributed by atoms with van der Waals surface area (Å²) in [7, 11) is 1.56. The van der Waals surface area contributed by atoms with E-state index in [0.717, 1.165) is 6.20 Å². The lowest BCUT2D eigenvalue weighted by molar-refractivity contribution is 0.179. The van der Waals surface area contributed by atoms with Gasteiger partial charge in [-0.3, -0.25) is 4.98 Å². The average Bonchev–Trinajstić information content (AvgIpc) is 2.06. The Bertz CT molecular complexity index is 237. The van der Waals surface area contributed by atoms with Crippen LogP contribution in [0.15, 0.2) is 18.3 Å². The smallest absolute Gasteiger partial charge is 0.141 e. The van der Waals surface area contributed by atoms with E-state index < -0.39 is 0 Å². The maximum atomic E-state index is 12.4. The van der Waals surface area contributed by atoms with Crippen LogP contribution < -0.4 is 5.73 Å². The average molecular weight is 170 g/mol. The molecule has 66 valence electrons. The summed E-state index contributed by atoms with van der Waals surface area (Å²) in [6.45, 7) is 0.388. The Morgan fingerprint density at radius 3 is 2.92 bits per heavy atom. The van der Waals surface area contributed by atoms with Crippen LogP contribution in [0, 0.1) is 5.82 Å². The summed E-state index contributed by atoms with van der Waals surface area (Å²) >= 11 is 0. The van der Waals surface area contributed by atoms with Gasteiger partial charge in [-0.15, -0.1) is 0 Å². The van der Waals surface area contributed by atoms with Crippen molar-refractivity contribution in [3.05, 3.63) is 29.8 Å². The lowest BCUT2D eigenvalue weighted by Gasteiger charge is -2.08. The number of rotatable bonds is 3. The van der Waals surface area contributed by atoms with E-state index in [1.165, 1.54) is 6.07 Å². The van der Waals surface area contributed by atoms with E-state index >= 15 is 0 Å². The number of ether oxygens (including phenoxy) is 1. The van der Waals surface area contributed by atoms with Gasteiger partial charge in [-0.1, -0.05) is 0 Å². The van der Waals surface area contributed by atoms with Gasteiger partial charge >= 0.3 is 0 Å². The fraction of sp³-hybridized carbons (Fsp3) is 0.375. The molecule has 0 saturated carbocycles. The second kappa shape index (κ2) is 4.13. The van der Waals surface area contributed by atoms with Crippen molar-refractivity contribution in [1.82, 2.24) is 4.98 Å². The van der Waals surface area contributed by atoms with Gasteiger partial charge < -0.3 is 10.5 Å². The standard InChI is InChI=1S/C8H11FN2O/c1-12-5-7(10)8-3-2-6(9)4-11-8/h2-4,7H,5,10H2,1H3/t7-/m1/s1. The molecule has 4 heteroatoms. The highest BCUT2D eigenvalue weighted by Crippen LogP contribution is 2.06. The third-order valence-electron chi connectivity index (χ3n) is 1.48. The first-order valence-electron chi connectivity index (χ1n) is 3.60. The Balaban J connectivity index is 2.68. The maximum absolute atomic E-state index is 12.4. The third-order valence-corrected chi connectivity index (χ3v) is 1.48. The maximum Gasteiger partial charge on any atom is 0.141 e. The molecule has 0 radical (unpaired) electrons. The molecule has 0 aliphatic carbocycles. The molecule has 3 nitrogen and oxygen atoms in total. The molecular weight excluding hydrogens is 159 g/mol. The fourth-order valence-electron chi connectivity index (χ4n) is 0.872. The monoisotopic (exact) mass is 170 g/mol. The van der Waals surface area contributed by atoms with Crippen molar-refractivity contribution in [2.24, 2.45) is 5.73 Å². The van der Waals surface area contributed by atoms with Crippen LogP contribution in [0.5, 0.6) is 0 Å². The number of nitrogens with two attached hydrogens (primary N) is 1. The zero-order valence-corrected chi connectivity index (χ0v) is 6.83. The molecule has 0 saturated heterocycles. The van der Waals surface area contributed by atoms with Gasteiger partial charge in [-0.05, 0) is 12.1 Å². The largest absolute Gasteiger partial charge is 0.383 e. The molecule has 0 aliphatic rings. The quantitative estimate of drug-likeness (QED) is 0.732. The van der Waals surface area contributed by atoms with E-state index in [9.17, 15) is 4.39 Å². The van der Waals surface area contributed by atoms with Gasteiger partial charge in [0.2, 0.25) is 0 Å². The van der Waals surface area contributed by atoms with Gasteiger partial charge in [0.15, 0.2) is 0 Å². The van der Waals surface area contributed by atoms with Crippen LogP contribution in [0.3, 0.4) is 0 Å². The summed E-state index contributed by atoms with van der Waals surface area (Å²) in [5.74, 6) is -0.358. The molecule has 0 amide bonds. The molecule has 0 fully saturated rings. The molecule has 1 atom stereocenters. The van der Waals surface area contributed by atoms with Gasteiger partial charge in [0, 0.05) is 7.11 Å². The van der Waals surface area contributed by atoms with Crippen LogP contribution in [-0.2, 0) is 4.74 Å². The summed E-state index contributed by atoms with van der Waals surface area (Å²) < 4.78 is 17.2. The number of hydrogen-bond donors (Lipinski definition) is 1. The van der Waals surface area contributed by atoms with Crippen LogP contribution in [0.25, 0.3) is 0 Å². The highest BCUT2D eigenvalue weighted by Gasteiger charge is 2.05. The van der Waals surface area contributed by atoms with Crippen molar-refractivity contribution in [2.45, 2.75) is 6.04 Å². The molecule has 0 aliphatic heterocycles. The molecule has 0 unspecified atom stereocenters. The van der Waals surface area contributed by atoms with Crippen molar-refractivity contribution in [3.63, 3.8) is 0 Å². The van der Waals surface area contributed by atoms with Crippen molar-refractivity contribution < 1.29 is 9.13 Å². The lowest BCUT2D eigenvalue weighted by Crippen LogP contribution is -2.17. The molecule has 12 heavy (non-hydrogen) atoms.